The number of carboxylic acids is 1. The zero-order chi connectivity index (χ0) is 15.1. The molecule has 0 saturated carbocycles. The third-order valence-corrected chi connectivity index (χ3v) is 2.63. The lowest BCUT2D eigenvalue weighted by Crippen LogP contribution is -2.47. The van der Waals surface area contributed by atoms with Gasteiger partial charge in [-0.1, -0.05) is 18.1 Å². The number of phenolic OH excluding ortho intramolecular Hbond substituents is 1. The van der Waals surface area contributed by atoms with Crippen LogP contribution < -0.4 is 5.73 Å². The second-order valence-electron chi connectivity index (χ2n) is 4.27. The maximum absolute atomic E-state index is 12.0. The Morgan fingerprint density at radius 2 is 1.95 bits per heavy atom. The molecule has 0 bridgehead atoms. The Balaban J connectivity index is 2.71. The summed E-state index contributed by atoms with van der Waals surface area (Å²) >= 11 is 0. The topological polar surface area (TPSA) is 104 Å². The van der Waals surface area contributed by atoms with E-state index in [-0.39, 0.29) is 18.7 Å². The highest BCUT2D eigenvalue weighted by molar-refractivity contribution is 5.85. The Bertz CT molecular complexity index is 519. The van der Waals surface area contributed by atoms with Crippen LogP contribution in [0.4, 0.5) is 0 Å². The van der Waals surface area contributed by atoms with Crippen LogP contribution in [-0.2, 0) is 16.0 Å². The molecule has 4 N–H and O–H groups in total. The third kappa shape index (κ3) is 4.63. The zero-order valence-electron chi connectivity index (χ0n) is 10.8. The molecular formula is C14H16N2O4. The predicted molar refractivity (Wildman–Crippen MR) is 72.8 cm³/mol. The molecule has 1 aromatic carbocycles. The molecule has 1 aromatic rings. The van der Waals surface area contributed by atoms with Gasteiger partial charge in [-0.2, -0.15) is 0 Å². The number of carbonyl (C=O) groups excluding carboxylic acids is 1. The Morgan fingerprint density at radius 3 is 2.45 bits per heavy atom. The van der Waals surface area contributed by atoms with Crippen molar-refractivity contribution in [3.05, 3.63) is 29.8 Å². The Hall–Kier alpha value is -2.52. The molecule has 0 aliphatic heterocycles. The van der Waals surface area contributed by atoms with Crippen molar-refractivity contribution in [2.45, 2.75) is 12.5 Å². The fraction of sp³-hybridized carbons (Fsp3) is 0.286. The molecule has 0 aromatic heterocycles. The van der Waals surface area contributed by atoms with E-state index in [1.807, 2.05) is 0 Å². The van der Waals surface area contributed by atoms with Gasteiger partial charge in [-0.3, -0.25) is 9.59 Å². The minimum absolute atomic E-state index is 0.103. The summed E-state index contributed by atoms with van der Waals surface area (Å²) in [5, 5.41) is 17.9. The first-order valence-electron chi connectivity index (χ1n) is 5.91. The number of hydrogen-bond donors (Lipinski definition) is 3. The van der Waals surface area contributed by atoms with Gasteiger partial charge in [-0.15, -0.1) is 6.42 Å². The highest BCUT2D eigenvalue weighted by Gasteiger charge is 2.22. The van der Waals surface area contributed by atoms with E-state index in [1.165, 1.54) is 12.1 Å². The van der Waals surface area contributed by atoms with Gasteiger partial charge in [0.25, 0.3) is 0 Å². The molecule has 6 nitrogen and oxygen atoms in total. The second-order valence-corrected chi connectivity index (χ2v) is 4.27. The van der Waals surface area contributed by atoms with Crippen LogP contribution in [0.25, 0.3) is 0 Å². The van der Waals surface area contributed by atoms with Crippen molar-refractivity contribution in [2.75, 3.05) is 13.1 Å². The summed E-state index contributed by atoms with van der Waals surface area (Å²) in [5.74, 6) is 0.689. The molecule has 0 saturated heterocycles. The highest BCUT2D eigenvalue weighted by atomic mass is 16.4. The fourth-order valence-corrected chi connectivity index (χ4v) is 1.69. The molecule has 6 heteroatoms. The maximum Gasteiger partial charge on any atom is 0.323 e. The van der Waals surface area contributed by atoms with Gasteiger partial charge in [-0.05, 0) is 24.1 Å². The van der Waals surface area contributed by atoms with Gasteiger partial charge in [0.2, 0.25) is 5.91 Å². The van der Waals surface area contributed by atoms with Crippen molar-refractivity contribution < 1.29 is 19.8 Å². The Kier molecular flexibility index (Phi) is 5.56. The summed E-state index contributed by atoms with van der Waals surface area (Å²) in [6.45, 7) is -0.583. The average molecular weight is 276 g/mol. The van der Waals surface area contributed by atoms with Crippen LogP contribution in [0, 0.1) is 12.3 Å². The SMILES string of the molecule is C#CCN(CC(=O)O)C(=O)[C@@H](N)Cc1ccc(O)cc1. The van der Waals surface area contributed by atoms with E-state index in [1.54, 1.807) is 12.1 Å². The van der Waals surface area contributed by atoms with Gasteiger partial charge in [0, 0.05) is 0 Å². The summed E-state index contributed by atoms with van der Waals surface area (Å²) in [5.41, 5.74) is 6.54. The lowest BCUT2D eigenvalue weighted by atomic mass is 10.1. The number of nitrogens with zero attached hydrogens (tertiary/aromatic N) is 1. The molecule has 20 heavy (non-hydrogen) atoms. The number of hydrogen-bond acceptors (Lipinski definition) is 4. The molecule has 0 aliphatic carbocycles. The van der Waals surface area contributed by atoms with Crippen LogP contribution in [0.15, 0.2) is 24.3 Å². The van der Waals surface area contributed by atoms with E-state index < -0.39 is 24.5 Å². The van der Waals surface area contributed by atoms with Crippen molar-refractivity contribution in [2.24, 2.45) is 5.73 Å². The van der Waals surface area contributed by atoms with Crippen LogP contribution in [0.2, 0.25) is 0 Å². The third-order valence-electron chi connectivity index (χ3n) is 2.63. The molecule has 106 valence electrons. The van der Waals surface area contributed by atoms with Gasteiger partial charge < -0.3 is 20.8 Å². The van der Waals surface area contributed by atoms with E-state index >= 15 is 0 Å². The lowest BCUT2D eigenvalue weighted by molar-refractivity contribution is -0.144. The number of carboxylic acid groups (broad SMARTS) is 1. The van der Waals surface area contributed by atoms with Crippen LogP contribution >= 0.6 is 0 Å². The predicted octanol–water partition coefficient (Wildman–Crippen LogP) is -0.192. The second kappa shape index (κ2) is 7.16. The molecule has 0 radical (unpaired) electrons. The number of benzene rings is 1. The first-order valence-corrected chi connectivity index (χ1v) is 5.91. The van der Waals surface area contributed by atoms with Gasteiger partial charge in [0.15, 0.2) is 0 Å². The van der Waals surface area contributed by atoms with Gasteiger partial charge >= 0.3 is 5.97 Å². The summed E-state index contributed by atoms with van der Waals surface area (Å²) in [7, 11) is 0. The first-order chi connectivity index (χ1) is 9.43. The smallest absolute Gasteiger partial charge is 0.323 e. The normalized spacial score (nSPS) is 11.4. The minimum Gasteiger partial charge on any atom is -0.508 e. The molecule has 0 spiro atoms. The Morgan fingerprint density at radius 1 is 1.35 bits per heavy atom. The number of aromatic hydroxyl groups is 1. The molecule has 0 fully saturated rings. The maximum atomic E-state index is 12.0. The minimum atomic E-state index is -1.15. The standard InChI is InChI=1S/C14H16N2O4/c1-2-7-16(9-13(18)19)14(20)12(15)8-10-3-5-11(17)6-4-10/h1,3-6,12,17H,7-9,15H2,(H,18,19)/t12-/m0/s1. The number of carbonyl (C=O) groups is 2. The summed E-state index contributed by atoms with van der Waals surface area (Å²) < 4.78 is 0. The average Bonchev–Trinajstić information content (AvgIpc) is 2.39. The van der Waals surface area contributed by atoms with E-state index in [0.29, 0.717) is 0 Å². The monoisotopic (exact) mass is 276 g/mol. The van der Waals surface area contributed by atoms with E-state index in [2.05, 4.69) is 5.92 Å². The van der Waals surface area contributed by atoms with Crippen LogP contribution in [0.1, 0.15) is 5.56 Å². The van der Waals surface area contributed by atoms with Crippen molar-refractivity contribution in [1.29, 1.82) is 0 Å². The van der Waals surface area contributed by atoms with Crippen molar-refractivity contribution >= 4 is 11.9 Å². The summed E-state index contributed by atoms with van der Waals surface area (Å²) in [4.78, 5) is 23.7. The van der Waals surface area contributed by atoms with Crippen LogP contribution in [-0.4, -0.2) is 46.1 Å². The van der Waals surface area contributed by atoms with Crippen LogP contribution in [0.3, 0.4) is 0 Å². The highest BCUT2D eigenvalue weighted by Crippen LogP contribution is 2.11. The van der Waals surface area contributed by atoms with Gasteiger partial charge in [0.1, 0.15) is 12.3 Å². The van der Waals surface area contributed by atoms with E-state index in [0.717, 1.165) is 10.5 Å². The number of aliphatic carboxylic acids is 1. The first kappa shape index (κ1) is 15.5. The van der Waals surface area contributed by atoms with Crippen molar-refractivity contribution in [1.82, 2.24) is 4.90 Å². The number of phenols is 1. The van der Waals surface area contributed by atoms with Gasteiger partial charge in [-0.25, -0.2) is 0 Å². The number of rotatable bonds is 6. The lowest BCUT2D eigenvalue weighted by Gasteiger charge is -2.22. The largest absolute Gasteiger partial charge is 0.508 e. The van der Waals surface area contributed by atoms with E-state index in [4.69, 9.17) is 22.4 Å². The van der Waals surface area contributed by atoms with Crippen molar-refractivity contribution in [3.63, 3.8) is 0 Å². The Labute approximate surface area is 116 Å². The molecule has 0 unspecified atom stereocenters. The number of nitrogens with two attached hydrogens (primary N) is 1. The molecular weight excluding hydrogens is 260 g/mol. The number of amides is 1. The quantitative estimate of drug-likeness (QED) is 0.625. The van der Waals surface area contributed by atoms with Crippen LogP contribution in [0.5, 0.6) is 5.75 Å². The molecule has 1 amide bonds. The molecule has 1 rings (SSSR count). The molecule has 0 heterocycles. The van der Waals surface area contributed by atoms with Crippen molar-refractivity contribution in [3.8, 4) is 18.1 Å². The van der Waals surface area contributed by atoms with E-state index in [9.17, 15) is 9.59 Å². The fourth-order valence-electron chi connectivity index (χ4n) is 1.69. The molecule has 0 aliphatic rings. The summed E-state index contributed by atoms with van der Waals surface area (Å²) in [6.07, 6.45) is 5.34. The number of terminal acetylenes is 1. The summed E-state index contributed by atoms with van der Waals surface area (Å²) in [6, 6.07) is 5.38. The van der Waals surface area contributed by atoms with Gasteiger partial charge in [0.05, 0.1) is 12.6 Å². The zero-order valence-corrected chi connectivity index (χ0v) is 10.8. The molecule has 1 atom stereocenters.